The van der Waals surface area contributed by atoms with Gasteiger partial charge in [-0.05, 0) is 85.6 Å². The number of thioether (sulfide) groups is 2. The summed E-state index contributed by atoms with van der Waals surface area (Å²) in [5.74, 6) is -5.93. The average Bonchev–Trinajstić information content (AvgIpc) is 2.44. The number of carbonyl (C=O) groups excluding carboxylic acids is 8. The van der Waals surface area contributed by atoms with E-state index >= 15 is 0 Å². The maximum Gasteiger partial charge on any atom is 0.358 e. The monoisotopic (exact) mass is 1240 g/mol. The van der Waals surface area contributed by atoms with E-state index in [0.717, 1.165) is 55.6 Å². The number of ether oxygens (including phenoxy) is 4. The van der Waals surface area contributed by atoms with Crippen LogP contribution in [0.5, 0.6) is 0 Å². The third kappa shape index (κ3) is 15.2. The quantitative estimate of drug-likeness (QED) is 0.0236. The topological polar surface area (TPSA) is 336 Å². The summed E-state index contributed by atoms with van der Waals surface area (Å²) in [7, 11) is 1.21. The van der Waals surface area contributed by atoms with E-state index in [1.165, 1.54) is 57.2 Å². The second kappa shape index (κ2) is 27.2. The minimum atomic E-state index is -1.55. The summed E-state index contributed by atoms with van der Waals surface area (Å²) in [4.78, 5) is 139. The molecular formula is C51H58N12O13S6. The number of esters is 4. The van der Waals surface area contributed by atoms with E-state index in [0.29, 0.717) is 11.1 Å². The zero-order chi connectivity index (χ0) is 59.6. The highest BCUT2D eigenvalue weighted by Gasteiger charge is 2.54. The Bertz CT molecular complexity index is 3320. The van der Waals surface area contributed by atoms with Crippen molar-refractivity contribution in [3.63, 3.8) is 0 Å². The van der Waals surface area contributed by atoms with Crippen LogP contribution in [0.4, 0.5) is 10.3 Å². The number of hydrogen-bond acceptors (Lipinski definition) is 27. The fraction of sp³-hybridized carbons (Fsp3) is 0.412. The number of rotatable bonds is 21. The highest BCUT2D eigenvalue weighted by Crippen LogP contribution is 2.41. The summed E-state index contributed by atoms with van der Waals surface area (Å²) in [6.45, 7) is 13.9. The predicted molar refractivity (Wildman–Crippen MR) is 313 cm³/mol. The Balaban J connectivity index is 1.12. The molecule has 0 unspecified atom stereocenters. The van der Waals surface area contributed by atoms with Gasteiger partial charge in [-0.2, -0.15) is 0 Å². The number of fused-ring (bicyclic) bond motifs is 1. The number of β-lactam (4-membered cyclic amide) rings is 1. The maximum atomic E-state index is 14.7. The van der Waals surface area contributed by atoms with Gasteiger partial charge in [-0.15, -0.1) is 68.9 Å². The zero-order valence-corrected chi connectivity index (χ0v) is 50.8. The van der Waals surface area contributed by atoms with Crippen molar-refractivity contribution in [3.8, 4) is 0 Å². The first-order chi connectivity index (χ1) is 38.9. The molecule has 82 heavy (non-hydrogen) atoms. The SMILES string of the molecule is CCN=C(C(=O)N[C@@H]1C(=O)N2C(C(=O)OCOC(=O)C(C)(C)C)=C(/C=C\c3scnc3C)CS[C@H]12)c1csc(NC(=O)[C@@H](NC(=O)/C(=N\OC)c2csc(N)n2)[C@@H]2NC(C(=O)OCOC(=O)C(C)(C)C)=C(/C=C\c3scnc3C)CS2)n1. The van der Waals surface area contributed by atoms with Crippen LogP contribution in [0.25, 0.3) is 12.2 Å². The average molecular weight is 1240 g/mol. The van der Waals surface area contributed by atoms with Crippen LogP contribution in [0.1, 0.15) is 81.0 Å². The lowest BCUT2D eigenvalue weighted by molar-refractivity contribution is -0.174. The van der Waals surface area contributed by atoms with Gasteiger partial charge in [0.25, 0.3) is 23.6 Å². The first-order valence-electron chi connectivity index (χ1n) is 24.8. The lowest BCUT2D eigenvalue weighted by Crippen LogP contribution is -2.71. The van der Waals surface area contributed by atoms with Gasteiger partial charge in [0, 0.05) is 38.6 Å². The van der Waals surface area contributed by atoms with E-state index in [9.17, 15) is 38.4 Å². The predicted octanol–water partition coefficient (Wildman–Crippen LogP) is 5.17. The Kier molecular flexibility index (Phi) is 20.6. The van der Waals surface area contributed by atoms with Gasteiger partial charge in [-0.25, -0.2) is 29.5 Å². The van der Waals surface area contributed by atoms with E-state index in [4.69, 9.17) is 29.5 Å². The summed E-state index contributed by atoms with van der Waals surface area (Å²) < 4.78 is 21.2. The van der Waals surface area contributed by atoms with Crippen molar-refractivity contribution in [2.24, 2.45) is 21.0 Å². The summed E-state index contributed by atoms with van der Waals surface area (Å²) in [5.41, 5.74) is 9.25. The smallest absolute Gasteiger partial charge is 0.358 e. The third-order valence-corrected chi connectivity index (χ3v) is 17.4. The molecule has 0 radical (unpaired) electrons. The normalized spacial score (nSPS) is 18.1. The molecule has 7 heterocycles. The molecule has 4 aromatic heterocycles. The van der Waals surface area contributed by atoms with Gasteiger partial charge in [0.2, 0.25) is 13.6 Å². The van der Waals surface area contributed by atoms with Gasteiger partial charge >= 0.3 is 23.9 Å². The van der Waals surface area contributed by atoms with Crippen LogP contribution in [0.2, 0.25) is 0 Å². The minimum absolute atomic E-state index is 0.0217. The van der Waals surface area contributed by atoms with Crippen LogP contribution in [0.15, 0.2) is 66.6 Å². The molecule has 31 heteroatoms. The van der Waals surface area contributed by atoms with E-state index in [1.54, 1.807) is 83.8 Å². The number of nitrogens with one attached hydrogen (secondary N) is 4. The number of aliphatic imine (C=N–C) groups is 1. The fourth-order valence-corrected chi connectivity index (χ4v) is 12.5. The van der Waals surface area contributed by atoms with Gasteiger partial charge in [0.1, 0.15) is 58.4 Å². The first kappa shape index (κ1) is 62.3. The van der Waals surface area contributed by atoms with Crippen LogP contribution >= 0.6 is 68.9 Å². The number of amides is 4. The van der Waals surface area contributed by atoms with Crippen LogP contribution in [-0.4, -0.2) is 145 Å². The van der Waals surface area contributed by atoms with Gasteiger partial charge in [-0.3, -0.25) is 38.7 Å². The van der Waals surface area contributed by atoms with E-state index < -0.39 is 94.8 Å². The Labute approximate surface area is 495 Å². The first-order valence-corrected chi connectivity index (χ1v) is 30.4. The molecule has 1 saturated heterocycles. The zero-order valence-electron chi connectivity index (χ0n) is 45.9. The van der Waals surface area contributed by atoms with Crippen LogP contribution in [0, 0.1) is 24.7 Å². The fourth-order valence-electron chi connectivity index (χ4n) is 7.37. The van der Waals surface area contributed by atoms with E-state index in [1.807, 2.05) is 13.8 Å². The van der Waals surface area contributed by atoms with Gasteiger partial charge < -0.3 is 50.8 Å². The van der Waals surface area contributed by atoms with Crippen molar-refractivity contribution in [1.29, 1.82) is 0 Å². The van der Waals surface area contributed by atoms with Crippen molar-refractivity contribution < 1.29 is 62.1 Å². The Morgan fingerprint density at radius 1 is 0.780 bits per heavy atom. The van der Waals surface area contributed by atoms with Gasteiger partial charge in [0.15, 0.2) is 16.0 Å². The Hall–Kier alpha value is -7.32. The van der Waals surface area contributed by atoms with E-state index in [2.05, 4.69) is 51.4 Å². The number of carbonyl (C=O) groups is 8. The van der Waals surface area contributed by atoms with Crippen molar-refractivity contribution in [2.75, 3.05) is 49.8 Å². The molecule has 3 aliphatic heterocycles. The number of allylic oxidation sites excluding steroid dienone is 2. The largest absolute Gasteiger partial charge is 0.427 e. The molecule has 0 aliphatic carbocycles. The number of nitrogens with two attached hydrogens (primary N) is 1. The molecule has 0 spiro atoms. The second-order valence-corrected chi connectivity index (χ2v) is 25.5. The van der Waals surface area contributed by atoms with Crippen molar-refractivity contribution in [2.45, 2.75) is 85.1 Å². The summed E-state index contributed by atoms with van der Waals surface area (Å²) in [6.07, 6.45) is 6.93. The Morgan fingerprint density at radius 3 is 1.93 bits per heavy atom. The minimum Gasteiger partial charge on any atom is -0.427 e. The molecule has 4 atom stereocenters. The third-order valence-electron chi connectivity index (χ3n) is 11.7. The maximum absolute atomic E-state index is 14.7. The van der Waals surface area contributed by atoms with Gasteiger partial charge in [-0.1, -0.05) is 17.3 Å². The highest BCUT2D eigenvalue weighted by atomic mass is 32.2. The molecule has 6 N–H and O–H groups in total. The number of nitrogen functional groups attached to an aromatic ring is 1. The van der Waals surface area contributed by atoms with Crippen LogP contribution in [0.3, 0.4) is 0 Å². The second-order valence-electron chi connectivity index (χ2n) is 19.7. The lowest BCUT2D eigenvalue weighted by atomic mass is 9.97. The van der Waals surface area contributed by atoms with Crippen molar-refractivity contribution >= 4 is 150 Å². The molecule has 436 valence electrons. The Morgan fingerprint density at radius 2 is 1.37 bits per heavy atom. The standard InChI is InChI=1S/C51H58N12O13S6/c1-11-53-33(38(64)59-36-42(67)63-37(45(69)74-23-76-47(71)51(7,8)9)27(17-78-43(36)63)13-15-31-25(3)55-21-82-31)28-19-80-49(57-28)61-40(66)35(58-39(65)34(62-72-10)29-18-79-48(52)56-29)41-60-32(44(68)73-22-75-46(70)50(4,5)6)26(16-77-41)12-14-30-24(2)54-20-81-30/h12-15,18-21,35-36,41,43,60H,11,16-17,22-23H2,1-10H3,(H2,52,56)(H,58,65)(H,59,64)(H,57,61,66)/b14-12-,15-13-,53-33?,62-34-/t35-,36-,41-,43-/m1/s1. The summed E-state index contributed by atoms with van der Waals surface area (Å²) >= 11 is 7.17. The number of hydrogen-bond donors (Lipinski definition) is 5. The van der Waals surface area contributed by atoms with E-state index in [-0.39, 0.29) is 62.5 Å². The molecule has 0 saturated carbocycles. The number of oxime groups is 1. The molecule has 3 aliphatic rings. The number of aromatic nitrogens is 4. The molecule has 1 fully saturated rings. The molecule has 0 aromatic carbocycles. The lowest BCUT2D eigenvalue weighted by Gasteiger charge is -2.49. The number of nitrogens with zero attached hydrogens (tertiary/aromatic N) is 7. The number of aryl methyl sites for hydroxylation is 2. The summed E-state index contributed by atoms with van der Waals surface area (Å²) in [5, 5.41) is 16.2. The van der Waals surface area contributed by atoms with Gasteiger partial charge in [0.05, 0.1) is 33.2 Å². The molecule has 25 nitrogen and oxygen atoms in total. The molecule has 4 aromatic rings. The number of thiazole rings is 4. The molecule has 7 rings (SSSR count). The highest BCUT2D eigenvalue weighted by molar-refractivity contribution is 8.00. The summed E-state index contributed by atoms with van der Waals surface area (Å²) in [6, 6.07) is -2.68. The molecule has 0 bridgehead atoms. The molecule has 4 amide bonds. The van der Waals surface area contributed by atoms with Crippen LogP contribution in [-0.2, 0) is 62.1 Å². The van der Waals surface area contributed by atoms with Crippen molar-refractivity contribution in [3.05, 3.63) is 89.0 Å². The van der Waals surface area contributed by atoms with Crippen LogP contribution < -0.4 is 27.0 Å². The number of anilines is 2. The van der Waals surface area contributed by atoms with Crippen molar-refractivity contribution in [1.82, 2.24) is 40.8 Å². The molecular weight excluding hydrogens is 1180 g/mol.